The van der Waals surface area contributed by atoms with E-state index in [2.05, 4.69) is 35.8 Å². The third-order valence-electron chi connectivity index (χ3n) is 7.79. The number of guanidine groups is 1. The molecule has 1 aromatic carbocycles. The molecule has 1 saturated heterocycles. The van der Waals surface area contributed by atoms with Gasteiger partial charge < -0.3 is 42.9 Å². The van der Waals surface area contributed by atoms with E-state index in [0.29, 0.717) is 44.0 Å². The Morgan fingerprint density at radius 1 is 1.14 bits per heavy atom. The van der Waals surface area contributed by atoms with E-state index >= 15 is 0 Å². The molecule has 0 unspecified atom stereocenters. The fourth-order valence-electron chi connectivity index (χ4n) is 5.26. The first-order valence-electron chi connectivity index (χ1n) is 17.3. The Bertz CT molecular complexity index is 1430. The first-order chi connectivity index (χ1) is 23.7. The number of ether oxygens (including phenoxy) is 1. The molecule has 1 aliphatic heterocycles. The average Bonchev–Trinajstić information content (AvgIpc) is 3.37. The average molecular weight is 725 g/mol. The second kappa shape index (κ2) is 19.8. The number of urea groups is 1. The molecule has 1 aromatic heterocycles. The molecule has 3 rings (SSSR count). The molecular formula is C35H59F3N10O3. The van der Waals surface area contributed by atoms with Gasteiger partial charge in [-0.3, -0.25) is 14.7 Å². The van der Waals surface area contributed by atoms with Crippen molar-refractivity contribution in [3.05, 3.63) is 52.2 Å². The summed E-state index contributed by atoms with van der Waals surface area (Å²) < 4.78 is 41.7. The molecule has 16 heteroatoms. The van der Waals surface area contributed by atoms with E-state index in [1.807, 2.05) is 72.7 Å². The van der Waals surface area contributed by atoms with E-state index in [-0.39, 0.29) is 53.1 Å². The predicted molar refractivity (Wildman–Crippen MR) is 196 cm³/mol. The Hall–Kier alpha value is -3.73. The van der Waals surface area contributed by atoms with Crippen LogP contribution in [0.4, 0.5) is 18.0 Å². The van der Waals surface area contributed by atoms with Gasteiger partial charge in [-0.2, -0.15) is 13.2 Å². The molecule has 0 aliphatic carbocycles. The highest BCUT2D eigenvalue weighted by molar-refractivity contribution is 5.75. The number of benzene rings is 1. The monoisotopic (exact) mass is 724 g/mol. The Kier molecular flexibility index (Phi) is 16.8. The maximum absolute atomic E-state index is 12.4. The molecule has 13 nitrogen and oxygen atoms in total. The van der Waals surface area contributed by atoms with Gasteiger partial charge in [-0.15, -0.1) is 0 Å². The highest BCUT2D eigenvalue weighted by atomic mass is 19.4. The summed E-state index contributed by atoms with van der Waals surface area (Å²) in [4.78, 5) is 37.6. The summed E-state index contributed by atoms with van der Waals surface area (Å²) in [6.45, 7) is 16.3. The molecule has 2 aromatic rings. The number of carbonyl (C=O) groups excluding carboxylic acids is 1. The molecule has 3 atom stereocenters. The summed E-state index contributed by atoms with van der Waals surface area (Å²) in [6, 6.07) is 7.33. The molecule has 0 saturated carbocycles. The lowest BCUT2D eigenvalue weighted by Gasteiger charge is -2.26. The molecule has 2 heterocycles. The van der Waals surface area contributed by atoms with Gasteiger partial charge in [-0.1, -0.05) is 52.0 Å². The molecule has 2 amide bonds. The van der Waals surface area contributed by atoms with Crippen LogP contribution in [0.2, 0.25) is 0 Å². The van der Waals surface area contributed by atoms with Gasteiger partial charge in [0.1, 0.15) is 12.4 Å². The van der Waals surface area contributed by atoms with Crippen LogP contribution in [-0.4, -0.2) is 96.6 Å². The standard InChI is InChI=1S/C19H28N6O.C16H31F3N4O2/c1-19(2,3)17-24-12-15(16(26)25-17)14-7-5-13(6-8-14)11-22-9-4-10-23-18(20)21;1-11(6-20)7-23-8-12(21-14(24)22-15(2,3)4)5-13(23)9-25-10-16(17,18)19/h5-8,12,22H,4,9-11H2,1-3H3,(H4,20,21,23)(H,24,25,26);11-13H,5-10,20H2,1-4H3,(H2,21,22,24)/t;11-,12+,13-/m.0/s1. The van der Waals surface area contributed by atoms with Crippen molar-refractivity contribution in [3.8, 4) is 11.1 Å². The van der Waals surface area contributed by atoms with Crippen molar-refractivity contribution in [1.82, 2.24) is 30.8 Å². The molecule has 0 radical (unpaired) electrons. The first-order valence-corrected chi connectivity index (χ1v) is 17.3. The highest BCUT2D eigenvalue weighted by Crippen LogP contribution is 2.22. The quantitative estimate of drug-likeness (QED) is 0.0868. The number of alkyl halides is 3. The summed E-state index contributed by atoms with van der Waals surface area (Å²) in [7, 11) is 0. The second-order valence-electron chi connectivity index (χ2n) is 15.1. The maximum Gasteiger partial charge on any atom is 0.411 e. The Morgan fingerprint density at radius 3 is 2.35 bits per heavy atom. The van der Waals surface area contributed by atoms with Crippen LogP contribution in [0.15, 0.2) is 40.2 Å². The molecule has 1 fully saturated rings. The number of aromatic nitrogens is 2. The topological polar surface area (TPSA) is 202 Å². The van der Waals surface area contributed by atoms with Crippen LogP contribution in [0.25, 0.3) is 11.1 Å². The van der Waals surface area contributed by atoms with Crippen LogP contribution in [-0.2, 0) is 16.7 Å². The fourth-order valence-corrected chi connectivity index (χ4v) is 5.26. The zero-order chi connectivity index (χ0) is 38.4. The number of nitrogens with two attached hydrogens (primary N) is 3. The largest absolute Gasteiger partial charge is 0.411 e. The summed E-state index contributed by atoms with van der Waals surface area (Å²) in [5, 5.41) is 9.05. The number of hydrogen-bond donors (Lipinski definition) is 7. The third kappa shape index (κ3) is 17.4. The van der Waals surface area contributed by atoms with Crippen molar-refractivity contribution >= 4 is 12.0 Å². The molecule has 288 valence electrons. The minimum Gasteiger partial charge on any atom is -0.370 e. The fraction of sp³-hybridized carbons (Fsp3) is 0.657. The third-order valence-corrected chi connectivity index (χ3v) is 7.79. The molecule has 0 bridgehead atoms. The summed E-state index contributed by atoms with van der Waals surface area (Å²) in [5.74, 6) is 1.03. The molecule has 1 aliphatic rings. The number of H-pyrrole nitrogens is 1. The summed E-state index contributed by atoms with van der Waals surface area (Å²) >= 11 is 0. The van der Waals surface area contributed by atoms with Gasteiger partial charge in [-0.05, 0) is 63.7 Å². The van der Waals surface area contributed by atoms with Crippen molar-refractivity contribution in [2.75, 3.05) is 45.9 Å². The normalized spacial score (nSPS) is 17.3. The van der Waals surface area contributed by atoms with E-state index in [1.165, 1.54) is 0 Å². The number of nitrogens with zero attached hydrogens (tertiary/aromatic N) is 3. The maximum atomic E-state index is 12.4. The Labute approximate surface area is 299 Å². The van der Waals surface area contributed by atoms with E-state index in [9.17, 15) is 22.8 Å². The summed E-state index contributed by atoms with van der Waals surface area (Å²) in [6.07, 6.45) is -1.27. The number of amides is 2. The lowest BCUT2D eigenvalue weighted by atomic mass is 9.95. The van der Waals surface area contributed by atoms with Crippen LogP contribution in [0.5, 0.6) is 0 Å². The van der Waals surface area contributed by atoms with Crippen molar-refractivity contribution in [1.29, 1.82) is 0 Å². The van der Waals surface area contributed by atoms with Gasteiger partial charge in [0.05, 0.1) is 12.2 Å². The highest BCUT2D eigenvalue weighted by Gasteiger charge is 2.35. The molecular weight excluding hydrogens is 665 g/mol. The van der Waals surface area contributed by atoms with Crippen LogP contribution in [0.3, 0.4) is 0 Å². The number of nitrogens with one attached hydrogen (secondary N) is 4. The predicted octanol–water partition coefficient (Wildman–Crippen LogP) is 3.19. The van der Waals surface area contributed by atoms with Gasteiger partial charge in [0.15, 0.2) is 5.96 Å². The number of aromatic amines is 1. The number of halogens is 3. The Balaban J connectivity index is 0.000000354. The van der Waals surface area contributed by atoms with Crippen molar-refractivity contribution < 1.29 is 22.7 Å². The second-order valence-corrected chi connectivity index (χ2v) is 15.1. The number of aliphatic imine (C=N–C) groups is 1. The van der Waals surface area contributed by atoms with Crippen molar-refractivity contribution in [2.45, 2.75) is 97.1 Å². The molecule has 0 spiro atoms. The number of rotatable bonds is 14. The van der Waals surface area contributed by atoms with Crippen LogP contribution >= 0.6 is 0 Å². The van der Waals surface area contributed by atoms with E-state index in [4.69, 9.17) is 21.9 Å². The van der Waals surface area contributed by atoms with Gasteiger partial charge in [0.2, 0.25) is 0 Å². The van der Waals surface area contributed by atoms with Crippen LogP contribution < -0.4 is 38.7 Å². The zero-order valence-corrected chi connectivity index (χ0v) is 31.1. The lowest BCUT2D eigenvalue weighted by Crippen LogP contribution is -2.50. The Morgan fingerprint density at radius 2 is 1.80 bits per heavy atom. The lowest BCUT2D eigenvalue weighted by molar-refractivity contribution is -0.176. The number of carbonyl (C=O) groups is 1. The number of hydrogen-bond acceptors (Lipinski definition) is 8. The minimum absolute atomic E-state index is 0.0180. The van der Waals surface area contributed by atoms with Crippen LogP contribution in [0, 0.1) is 5.92 Å². The van der Waals surface area contributed by atoms with Gasteiger partial charge >= 0.3 is 12.2 Å². The van der Waals surface area contributed by atoms with E-state index in [0.717, 1.165) is 30.6 Å². The molecule has 51 heavy (non-hydrogen) atoms. The van der Waals surface area contributed by atoms with Crippen LogP contribution in [0.1, 0.15) is 72.7 Å². The number of likely N-dealkylation sites (tertiary alicyclic amines) is 1. The van der Waals surface area contributed by atoms with Gasteiger partial charge in [0, 0.05) is 55.4 Å². The van der Waals surface area contributed by atoms with E-state index in [1.54, 1.807) is 6.20 Å². The van der Waals surface area contributed by atoms with Crippen molar-refractivity contribution in [3.63, 3.8) is 0 Å². The minimum atomic E-state index is -4.34. The first kappa shape index (κ1) is 43.4. The van der Waals surface area contributed by atoms with Gasteiger partial charge in [0.25, 0.3) is 5.56 Å². The molecule has 10 N–H and O–H groups in total. The van der Waals surface area contributed by atoms with Gasteiger partial charge in [-0.25, -0.2) is 9.78 Å². The zero-order valence-electron chi connectivity index (χ0n) is 31.1. The smallest absolute Gasteiger partial charge is 0.370 e. The SMILES string of the molecule is CC(C)(C)c1ncc(-c2ccc(CNCCCN=C(N)N)cc2)c(=O)[nH]1.C[C@@H](CN)CN1C[C@H](NC(=O)NC(C)(C)C)C[C@H]1COCC(F)(F)F. The van der Waals surface area contributed by atoms with E-state index < -0.39 is 12.8 Å². The summed E-state index contributed by atoms with van der Waals surface area (Å²) in [5.41, 5.74) is 18.1. The van der Waals surface area contributed by atoms with Crippen molar-refractivity contribution in [2.24, 2.45) is 28.1 Å².